The molecule has 5 rings (SSSR count). The zero-order valence-electron chi connectivity index (χ0n) is 19.6. The van der Waals surface area contributed by atoms with Gasteiger partial charge in [-0.15, -0.1) is 0 Å². The summed E-state index contributed by atoms with van der Waals surface area (Å²) in [6, 6.07) is 34.2. The number of rotatable bonds is 5. The Morgan fingerprint density at radius 3 is 1.68 bits per heavy atom. The van der Waals surface area contributed by atoms with Crippen LogP contribution in [0, 0.1) is 20.8 Å². The second-order valence-corrected chi connectivity index (χ2v) is 8.75. The standard InChI is InChI=1S/C31H26N2O/c1-21-9-15-24(16-10-21)29-28(31(34)26-19-13-23(3)14-20-26)30(25-17-11-22(2)12-18-25)33(32-29)27-7-5-4-6-8-27/h4-20H,1-3H3. The van der Waals surface area contributed by atoms with Crippen LogP contribution in [0.1, 0.15) is 32.6 Å². The molecule has 0 unspecified atom stereocenters. The lowest BCUT2D eigenvalue weighted by atomic mass is 9.94. The molecule has 0 N–H and O–H groups in total. The van der Waals surface area contributed by atoms with E-state index in [1.807, 2.05) is 78.3 Å². The first-order chi connectivity index (χ1) is 16.5. The second-order valence-electron chi connectivity index (χ2n) is 8.75. The van der Waals surface area contributed by atoms with Gasteiger partial charge in [0.1, 0.15) is 5.69 Å². The molecular formula is C31H26N2O. The van der Waals surface area contributed by atoms with Crippen LogP contribution >= 0.6 is 0 Å². The first kappa shape index (κ1) is 21.6. The van der Waals surface area contributed by atoms with Crippen molar-refractivity contribution in [2.75, 3.05) is 0 Å². The highest BCUT2D eigenvalue weighted by Gasteiger charge is 2.27. The van der Waals surface area contributed by atoms with E-state index in [9.17, 15) is 4.79 Å². The average Bonchev–Trinajstić information content (AvgIpc) is 3.26. The monoisotopic (exact) mass is 442 g/mol. The van der Waals surface area contributed by atoms with E-state index in [-0.39, 0.29) is 5.78 Å². The highest BCUT2D eigenvalue weighted by atomic mass is 16.1. The molecule has 0 aliphatic carbocycles. The molecule has 0 saturated carbocycles. The zero-order chi connectivity index (χ0) is 23.7. The number of hydrogen-bond acceptors (Lipinski definition) is 2. The van der Waals surface area contributed by atoms with E-state index in [0.717, 1.165) is 33.6 Å². The van der Waals surface area contributed by atoms with Gasteiger partial charge in [-0.3, -0.25) is 4.79 Å². The number of hydrogen-bond donors (Lipinski definition) is 0. The summed E-state index contributed by atoms with van der Waals surface area (Å²) < 4.78 is 1.90. The van der Waals surface area contributed by atoms with E-state index >= 15 is 0 Å². The zero-order valence-corrected chi connectivity index (χ0v) is 19.6. The van der Waals surface area contributed by atoms with Crippen LogP contribution in [0.3, 0.4) is 0 Å². The van der Waals surface area contributed by atoms with Gasteiger partial charge >= 0.3 is 0 Å². The van der Waals surface area contributed by atoms with E-state index in [1.54, 1.807) is 0 Å². The number of nitrogens with zero attached hydrogens (tertiary/aromatic N) is 2. The van der Waals surface area contributed by atoms with Crippen molar-refractivity contribution in [3.8, 4) is 28.2 Å². The van der Waals surface area contributed by atoms with Crippen molar-refractivity contribution in [1.29, 1.82) is 0 Å². The Morgan fingerprint density at radius 2 is 1.12 bits per heavy atom. The number of ketones is 1. The lowest BCUT2D eigenvalue weighted by Gasteiger charge is -2.11. The summed E-state index contributed by atoms with van der Waals surface area (Å²) in [6.07, 6.45) is 0. The summed E-state index contributed by atoms with van der Waals surface area (Å²) in [6.45, 7) is 6.15. The Kier molecular flexibility index (Phi) is 5.69. The summed E-state index contributed by atoms with van der Waals surface area (Å²) in [5, 5.41) is 5.04. The topological polar surface area (TPSA) is 34.9 Å². The van der Waals surface area contributed by atoms with Crippen molar-refractivity contribution in [2.24, 2.45) is 0 Å². The lowest BCUT2D eigenvalue weighted by molar-refractivity contribution is 0.104. The maximum Gasteiger partial charge on any atom is 0.197 e. The van der Waals surface area contributed by atoms with Crippen LogP contribution in [0.5, 0.6) is 0 Å². The smallest absolute Gasteiger partial charge is 0.197 e. The number of carbonyl (C=O) groups excluding carboxylic acids is 1. The molecule has 3 heteroatoms. The predicted octanol–water partition coefficient (Wildman–Crippen LogP) is 7.36. The minimum Gasteiger partial charge on any atom is -0.288 e. The van der Waals surface area contributed by atoms with Gasteiger partial charge in [0.05, 0.1) is 16.9 Å². The van der Waals surface area contributed by atoms with Crippen molar-refractivity contribution in [3.05, 3.63) is 131 Å². The van der Waals surface area contributed by atoms with Gasteiger partial charge in [-0.1, -0.05) is 108 Å². The summed E-state index contributed by atoms with van der Waals surface area (Å²) in [7, 11) is 0. The van der Waals surface area contributed by atoms with Gasteiger partial charge < -0.3 is 0 Å². The Labute approximate surface area is 200 Å². The maximum atomic E-state index is 14.1. The molecule has 0 amide bonds. The van der Waals surface area contributed by atoms with Crippen molar-refractivity contribution in [3.63, 3.8) is 0 Å². The van der Waals surface area contributed by atoms with Crippen LogP contribution in [0.15, 0.2) is 103 Å². The fourth-order valence-electron chi connectivity index (χ4n) is 4.13. The van der Waals surface area contributed by atoms with Gasteiger partial charge in [-0.25, -0.2) is 4.68 Å². The van der Waals surface area contributed by atoms with Crippen LogP contribution in [0.25, 0.3) is 28.2 Å². The Bertz CT molecular complexity index is 1440. The molecule has 1 aromatic heterocycles. The van der Waals surface area contributed by atoms with Crippen molar-refractivity contribution >= 4 is 5.78 Å². The fraction of sp³-hybridized carbons (Fsp3) is 0.0968. The normalized spacial score (nSPS) is 10.9. The van der Waals surface area contributed by atoms with E-state index in [1.165, 1.54) is 5.56 Å². The Hall–Kier alpha value is -4.24. The minimum absolute atomic E-state index is 0.0340. The first-order valence-corrected chi connectivity index (χ1v) is 11.4. The Morgan fingerprint density at radius 1 is 0.618 bits per heavy atom. The lowest BCUT2D eigenvalue weighted by Crippen LogP contribution is -2.06. The molecule has 34 heavy (non-hydrogen) atoms. The molecule has 4 aromatic carbocycles. The fourth-order valence-corrected chi connectivity index (χ4v) is 4.13. The molecule has 5 aromatic rings. The number of carbonyl (C=O) groups is 1. The van der Waals surface area contributed by atoms with Gasteiger partial charge in [0.15, 0.2) is 5.78 Å². The molecule has 0 aliphatic rings. The summed E-state index contributed by atoms with van der Waals surface area (Å²) >= 11 is 0. The van der Waals surface area contributed by atoms with Crippen molar-refractivity contribution in [2.45, 2.75) is 20.8 Å². The number of aromatic nitrogens is 2. The molecule has 0 bridgehead atoms. The molecule has 166 valence electrons. The van der Waals surface area contributed by atoms with Crippen LogP contribution in [-0.4, -0.2) is 15.6 Å². The number of para-hydroxylation sites is 1. The van der Waals surface area contributed by atoms with E-state index < -0.39 is 0 Å². The molecular weight excluding hydrogens is 416 g/mol. The SMILES string of the molecule is Cc1ccc(C(=O)c2c(-c3ccc(C)cc3)nn(-c3ccccc3)c2-c2ccc(C)cc2)cc1. The summed E-state index contributed by atoms with van der Waals surface area (Å²) in [5.74, 6) is -0.0340. The predicted molar refractivity (Wildman–Crippen MR) is 139 cm³/mol. The summed E-state index contributed by atoms with van der Waals surface area (Å²) in [5.41, 5.74) is 8.98. The third-order valence-electron chi connectivity index (χ3n) is 6.08. The molecule has 0 atom stereocenters. The maximum absolute atomic E-state index is 14.1. The largest absolute Gasteiger partial charge is 0.288 e. The minimum atomic E-state index is -0.0340. The first-order valence-electron chi connectivity index (χ1n) is 11.4. The van der Waals surface area contributed by atoms with E-state index in [4.69, 9.17) is 5.10 Å². The third-order valence-corrected chi connectivity index (χ3v) is 6.08. The molecule has 0 spiro atoms. The van der Waals surface area contributed by atoms with Crippen molar-refractivity contribution in [1.82, 2.24) is 9.78 Å². The molecule has 0 fully saturated rings. The summed E-state index contributed by atoms with van der Waals surface area (Å²) in [4.78, 5) is 14.1. The highest BCUT2D eigenvalue weighted by Crippen LogP contribution is 2.36. The van der Waals surface area contributed by atoms with Crippen molar-refractivity contribution < 1.29 is 4.79 Å². The Balaban J connectivity index is 1.84. The quantitative estimate of drug-likeness (QED) is 0.267. The molecule has 0 aliphatic heterocycles. The van der Waals surface area contributed by atoms with E-state index in [0.29, 0.717) is 16.8 Å². The average molecular weight is 443 g/mol. The molecule has 0 saturated heterocycles. The van der Waals surface area contributed by atoms with Gasteiger partial charge in [0.2, 0.25) is 0 Å². The third kappa shape index (κ3) is 4.08. The van der Waals surface area contributed by atoms with Gasteiger partial charge in [-0.05, 0) is 32.9 Å². The van der Waals surface area contributed by atoms with Crippen LogP contribution in [-0.2, 0) is 0 Å². The molecule has 0 radical (unpaired) electrons. The van der Waals surface area contributed by atoms with Gasteiger partial charge in [0.25, 0.3) is 0 Å². The molecule has 1 heterocycles. The van der Waals surface area contributed by atoms with Crippen LogP contribution in [0.2, 0.25) is 0 Å². The number of aryl methyl sites for hydroxylation is 3. The second kappa shape index (κ2) is 8.95. The van der Waals surface area contributed by atoms with E-state index in [2.05, 4.69) is 50.2 Å². The highest BCUT2D eigenvalue weighted by molar-refractivity contribution is 6.16. The van der Waals surface area contributed by atoms with Crippen LogP contribution in [0.4, 0.5) is 0 Å². The van der Waals surface area contributed by atoms with Gasteiger partial charge in [0, 0.05) is 16.7 Å². The number of benzene rings is 4. The van der Waals surface area contributed by atoms with Gasteiger partial charge in [-0.2, -0.15) is 5.10 Å². The molecule has 3 nitrogen and oxygen atoms in total. The van der Waals surface area contributed by atoms with Crippen LogP contribution < -0.4 is 0 Å².